The molecule has 3 heterocycles. The fourth-order valence-electron chi connectivity index (χ4n) is 6.90. The second-order valence-electron chi connectivity index (χ2n) is 12.9. The lowest BCUT2D eigenvalue weighted by Crippen LogP contribution is -2.22. The molecular formula is C44H32N4S. The normalized spacial score (nSPS) is 13.2. The predicted octanol–water partition coefficient (Wildman–Crippen LogP) is 11.5. The highest BCUT2D eigenvalue weighted by atomic mass is 32.2. The molecule has 2 aromatic heterocycles. The van der Waals surface area contributed by atoms with Crippen LogP contribution in [0.25, 0.3) is 72.9 Å². The molecular weight excluding hydrogens is 617 g/mol. The average molecular weight is 649 g/mol. The summed E-state index contributed by atoms with van der Waals surface area (Å²) in [4.78, 5) is 15.5. The van der Waals surface area contributed by atoms with E-state index in [1.165, 1.54) is 5.56 Å². The van der Waals surface area contributed by atoms with Gasteiger partial charge >= 0.3 is 0 Å². The number of fused-ring (bicyclic) bond motifs is 4. The monoisotopic (exact) mass is 648 g/mol. The maximum Gasteiger partial charge on any atom is 0.174 e. The van der Waals surface area contributed by atoms with Crippen LogP contribution in [-0.2, 0) is 4.75 Å². The third-order valence-electron chi connectivity index (χ3n) is 9.28. The zero-order valence-electron chi connectivity index (χ0n) is 27.2. The number of thioether (sulfide) groups is 1. The molecule has 1 aliphatic rings. The van der Waals surface area contributed by atoms with Gasteiger partial charge in [-0.25, -0.2) is 15.0 Å². The Kier molecular flexibility index (Phi) is 7.03. The van der Waals surface area contributed by atoms with E-state index in [9.17, 15) is 0 Å². The van der Waals surface area contributed by atoms with E-state index in [0.717, 1.165) is 72.2 Å². The highest BCUT2D eigenvalue weighted by molar-refractivity contribution is 8.00. The molecule has 0 aliphatic carbocycles. The summed E-state index contributed by atoms with van der Waals surface area (Å²) in [6, 6.07) is 55.3. The second kappa shape index (κ2) is 11.7. The van der Waals surface area contributed by atoms with Crippen molar-refractivity contribution < 1.29 is 0 Å². The predicted molar refractivity (Wildman–Crippen MR) is 203 cm³/mol. The van der Waals surface area contributed by atoms with Gasteiger partial charge < -0.3 is 0 Å². The largest absolute Gasteiger partial charge is 0.286 e. The molecule has 0 fully saturated rings. The number of benzene rings is 6. The molecule has 234 valence electrons. The Hall–Kier alpha value is -5.78. The van der Waals surface area contributed by atoms with Crippen molar-refractivity contribution in [3.8, 4) is 62.0 Å². The Morgan fingerprint density at radius 2 is 1.08 bits per heavy atom. The number of rotatable bonds is 5. The average Bonchev–Trinajstić information content (AvgIpc) is 3.54. The first-order chi connectivity index (χ1) is 24.0. The van der Waals surface area contributed by atoms with Gasteiger partial charge in [0.15, 0.2) is 11.0 Å². The third-order valence-corrected chi connectivity index (χ3v) is 10.5. The number of hydrogen-bond acceptors (Lipinski definition) is 4. The first-order valence-corrected chi connectivity index (χ1v) is 17.4. The van der Waals surface area contributed by atoms with Gasteiger partial charge in [-0.15, -0.1) is 0 Å². The van der Waals surface area contributed by atoms with Crippen LogP contribution in [0.1, 0.15) is 19.4 Å². The van der Waals surface area contributed by atoms with Crippen molar-refractivity contribution >= 4 is 22.7 Å². The number of aromatic nitrogens is 4. The summed E-state index contributed by atoms with van der Waals surface area (Å²) in [5.41, 5.74) is 13.0. The quantitative estimate of drug-likeness (QED) is 0.186. The van der Waals surface area contributed by atoms with Crippen LogP contribution in [-0.4, -0.2) is 19.5 Å². The molecule has 0 unspecified atom stereocenters. The molecule has 0 saturated carbocycles. The summed E-state index contributed by atoms with van der Waals surface area (Å²) < 4.78 is 2.21. The van der Waals surface area contributed by atoms with E-state index in [2.05, 4.69) is 158 Å². The van der Waals surface area contributed by atoms with Crippen molar-refractivity contribution in [1.82, 2.24) is 19.5 Å². The van der Waals surface area contributed by atoms with Crippen LogP contribution in [0.4, 0.5) is 0 Å². The van der Waals surface area contributed by atoms with Gasteiger partial charge in [-0.1, -0.05) is 151 Å². The highest BCUT2D eigenvalue weighted by Crippen LogP contribution is 2.52. The van der Waals surface area contributed by atoms with Crippen LogP contribution in [0.2, 0.25) is 0 Å². The Morgan fingerprint density at radius 1 is 0.490 bits per heavy atom. The minimum absolute atomic E-state index is 0.161. The summed E-state index contributed by atoms with van der Waals surface area (Å²) in [7, 11) is 0. The first-order valence-electron chi connectivity index (χ1n) is 16.5. The molecule has 0 radical (unpaired) electrons. The summed E-state index contributed by atoms with van der Waals surface area (Å²) in [6.07, 6.45) is 0. The molecule has 0 saturated heterocycles. The van der Waals surface area contributed by atoms with Crippen molar-refractivity contribution in [2.24, 2.45) is 0 Å². The minimum atomic E-state index is -0.161. The molecule has 49 heavy (non-hydrogen) atoms. The van der Waals surface area contributed by atoms with E-state index in [1.807, 2.05) is 30.0 Å². The van der Waals surface area contributed by atoms with E-state index in [1.54, 1.807) is 0 Å². The van der Waals surface area contributed by atoms with Crippen molar-refractivity contribution in [2.45, 2.75) is 23.8 Å². The van der Waals surface area contributed by atoms with Gasteiger partial charge in [-0.3, -0.25) is 4.57 Å². The highest BCUT2D eigenvalue weighted by Gasteiger charge is 2.36. The maximum atomic E-state index is 5.32. The fraction of sp³-hybridized carbons (Fsp3) is 0.0682. The zero-order chi connectivity index (χ0) is 33.0. The molecule has 9 rings (SSSR count). The van der Waals surface area contributed by atoms with E-state index in [0.29, 0.717) is 5.82 Å². The topological polar surface area (TPSA) is 43.6 Å². The lowest BCUT2D eigenvalue weighted by Gasteiger charge is -2.33. The Morgan fingerprint density at radius 3 is 1.82 bits per heavy atom. The van der Waals surface area contributed by atoms with Crippen molar-refractivity contribution in [3.05, 3.63) is 163 Å². The van der Waals surface area contributed by atoms with Crippen LogP contribution in [0.3, 0.4) is 0 Å². The van der Waals surface area contributed by atoms with E-state index >= 15 is 0 Å². The number of nitrogens with zero attached hydrogens (tertiary/aromatic N) is 4. The molecule has 0 N–H and O–H groups in total. The molecule has 8 aromatic rings. The maximum absolute atomic E-state index is 5.32. The van der Waals surface area contributed by atoms with Gasteiger partial charge in [0.05, 0.1) is 28.3 Å². The Balaban J connectivity index is 1.21. The summed E-state index contributed by atoms with van der Waals surface area (Å²) >= 11 is 1.82. The summed E-state index contributed by atoms with van der Waals surface area (Å²) in [5.74, 6) is 0.714. The van der Waals surface area contributed by atoms with E-state index < -0.39 is 0 Å². The molecule has 0 amide bonds. The SMILES string of the molecule is CC1(C)Sc2nc(-c3ccccc3)c(-c3ccccc3)n2-c2cc(-c3cccc(-c4nc(-c5ccccc5)c5ccccc5n4)c3)ccc21. The molecule has 4 nitrogen and oxygen atoms in total. The summed E-state index contributed by atoms with van der Waals surface area (Å²) in [6.45, 7) is 4.58. The second-order valence-corrected chi connectivity index (χ2v) is 14.5. The molecule has 0 atom stereocenters. The van der Waals surface area contributed by atoms with Gasteiger partial charge in [-0.05, 0) is 48.7 Å². The number of para-hydroxylation sites is 1. The molecule has 0 bridgehead atoms. The molecule has 0 spiro atoms. The first kappa shape index (κ1) is 29.4. The number of hydrogen-bond donors (Lipinski definition) is 0. The van der Waals surface area contributed by atoms with Gasteiger partial charge in [0, 0.05) is 32.4 Å². The third kappa shape index (κ3) is 5.14. The summed E-state index contributed by atoms with van der Waals surface area (Å²) in [5, 5.41) is 2.04. The number of imidazole rings is 1. The Labute approximate surface area is 290 Å². The van der Waals surface area contributed by atoms with Gasteiger partial charge in [0.25, 0.3) is 0 Å². The van der Waals surface area contributed by atoms with Crippen molar-refractivity contribution in [2.75, 3.05) is 0 Å². The van der Waals surface area contributed by atoms with E-state index in [-0.39, 0.29) is 4.75 Å². The molecule has 5 heteroatoms. The Bertz CT molecular complexity index is 2490. The van der Waals surface area contributed by atoms with Gasteiger partial charge in [0.1, 0.15) is 0 Å². The minimum Gasteiger partial charge on any atom is -0.286 e. The van der Waals surface area contributed by atoms with Crippen LogP contribution >= 0.6 is 11.8 Å². The van der Waals surface area contributed by atoms with Crippen molar-refractivity contribution in [1.29, 1.82) is 0 Å². The van der Waals surface area contributed by atoms with Crippen molar-refractivity contribution in [3.63, 3.8) is 0 Å². The molecule has 1 aliphatic heterocycles. The smallest absolute Gasteiger partial charge is 0.174 e. The van der Waals surface area contributed by atoms with Crippen LogP contribution < -0.4 is 0 Å². The lowest BCUT2D eigenvalue weighted by atomic mass is 9.94. The van der Waals surface area contributed by atoms with Gasteiger partial charge in [0.2, 0.25) is 0 Å². The fourth-order valence-corrected chi connectivity index (χ4v) is 8.06. The van der Waals surface area contributed by atoms with E-state index in [4.69, 9.17) is 15.0 Å². The standard InChI is InChI=1S/C44H32N4S/c1-44(2)36-26-25-33(28-38(36)48-41(31-19-10-5-11-20-31)40(47-43(48)49-44)30-17-8-4-9-18-30)32-21-14-22-34(27-32)42-45-37-24-13-12-23-35(37)39(46-42)29-15-6-3-7-16-29/h3-28H,1-2H3. The van der Waals surface area contributed by atoms with Crippen LogP contribution in [0.5, 0.6) is 0 Å². The molecule has 6 aromatic carbocycles. The van der Waals surface area contributed by atoms with Crippen LogP contribution in [0.15, 0.2) is 163 Å². The van der Waals surface area contributed by atoms with Gasteiger partial charge in [-0.2, -0.15) is 0 Å². The lowest BCUT2D eigenvalue weighted by molar-refractivity contribution is 0.724. The van der Waals surface area contributed by atoms with Crippen LogP contribution in [0, 0.1) is 0 Å². The zero-order valence-corrected chi connectivity index (χ0v) is 28.0.